The molecule has 0 aromatic heterocycles. The van der Waals surface area contributed by atoms with Gasteiger partial charge in [-0.15, -0.1) is 0 Å². The summed E-state index contributed by atoms with van der Waals surface area (Å²) in [6, 6.07) is 3.48. The molecule has 1 unspecified atom stereocenters. The van der Waals surface area contributed by atoms with E-state index in [9.17, 15) is 18.3 Å². The number of sulfone groups is 1. The zero-order chi connectivity index (χ0) is 12.5. The summed E-state index contributed by atoms with van der Waals surface area (Å²) in [5.41, 5.74) is -0.0691. The second-order valence-electron chi connectivity index (χ2n) is 3.23. The van der Waals surface area contributed by atoms with Gasteiger partial charge in [0.2, 0.25) is 0 Å². The summed E-state index contributed by atoms with van der Waals surface area (Å²) in [6.07, 6.45) is -0.825. The Balaban J connectivity index is 3.34. The fraction of sp³-hybridized carbons (Fsp3) is 0.222. The fourth-order valence-electron chi connectivity index (χ4n) is 1.10. The van der Waals surface area contributed by atoms with Crippen LogP contribution in [0.15, 0.2) is 23.1 Å². The van der Waals surface area contributed by atoms with E-state index in [-0.39, 0.29) is 15.5 Å². The Morgan fingerprint density at radius 1 is 1.38 bits per heavy atom. The number of halogens is 1. The largest absolute Gasteiger partial charge is 0.479 e. The number of aliphatic hydroxyl groups excluding tert-OH is 1. The number of hydrogen-bond acceptors (Lipinski definition) is 4. The van der Waals surface area contributed by atoms with Gasteiger partial charge in [-0.1, -0.05) is 11.6 Å². The normalized spacial score (nSPS) is 13.4. The first-order valence-corrected chi connectivity index (χ1v) is 6.40. The highest BCUT2D eigenvalue weighted by Gasteiger charge is 2.19. The number of carboxylic acid groups (broad SMARTS) is 1. The Kier molecular flexibility index (Phi) is 3.57. The molecule has 1 rings (SSSR count). The van der Waals surface area contributed by atoms with Crippen molar-refractivity contribution in [3.63, 3.8) is 0 Å². The lowest BCUT2D eigenvalue weighted by Gasteiger charge is -2.08. The van der Waals surface area contributed by atoms with Crippen LogP contribution in [0.2, 0.25) is 5.02 Å². The molecule has 1 atom stereocenters. The van der Waals surface area contributed by atoms with E-state index in [2.05, 4.69) is 0 Å². The number of hydrogen-bond donors (Lipinski definition) is 2. The molecule has 88 valence electrons. The third-order valence-corrected chi connectivity index (χ3v) is 3.18. The smallest absolute Gasteiger partial charge is 0.337 e. The lowest BCUT2D eigenvalue weighted by molar-refractivity contribution is -0.146. The molecule has 0 saturated carbocycles. The first-order valence-electron chi connectivity index (χ1n) is 4.13. The maximum absolute atomic E-state index is 11.2. The van der Waals surface area contributed by atoms with Crippen LogP contribution >= 0.6 is 11.6 Å². The summed E-state index contributed by atoms with van der Waals surface area (Å²) < 4.78 is 22.5. The van der Waals surface area contributed by atoms with Crippen LogP contribution in [-0.2, 0) is 14.6 Å². The predicted molar refractivity (Wildman–Crippen MR) is 57.2 cm³/mol. The molecule has 0 aliphatic heterocycles. The first kappa shape index (κ1) is 13.0. The Morgan fingerprint density at radius 3 is 2.38 bits per heavy atom. The van der Waals surface area contributed by atoms with Gasteiger partial charge in [-0.05, 0) is 23.8 Å². The first-order chi connectivity index (χ1) is 7.21. The highest BCUT2D eigenvalue weighted by atomic mass is 35.5. The van der Waals surface area contributed by atoms with E-state index in [0.717, 1.165) is 12.3 Å². The Bertz CT molecular complexity index is 523. The second kappa shape index (κ2) is 4.40. The maximum Gasteiger partial charge on any atom is 0.337 e. The Labute approximate surface area is 97.2 Å². The third-order valence-electron chi connectivity index (χ3n) is 1.87. The number of aliphatic carboxylic acids is 1. The van der Waals surface area contributed by atoms with Gasteiger partial charge in [-0.2, -0.15) is 0 Å². The van der Waals surface area contributed by atoms with E-state index in [4.69, 9.17) is 16.7 Å². The van der Waals surface area contributed by atoms with Gasteiger partial charge in [0, 0.05) is 11.3 Å². The van der Waals surface area contributed by atoms with E-state index < -0.39 is 21.9 Å². The van der Waals surface area contributed by atoms with Crippen molar-refractivity contribution in [1.29, 1.82) is 0 Å². The van der Waals surface area contributed by atoms with Gasteiger partial charge in [-0.3, -0.25) is 0 Å². The quantitative estimate of drug-likeness (QED) is 0.845. The average Bonchev–Trinajstić information content (AvgIpc) is 2.14. The predicted octanol–water partition coefficient (Wildman–Crippen LogP) is 0.862. The lowest BCUT2D eigenvalue weighted by Crippen LogP contribution is -2.11. The molecule has 0 amide bonds. The van der Waals surface area contributed by atoms with Crippen molar-refractivity contribution in [2.75, 3.05) is 6.26 Å². The van der Waals surface area contributed by atoms with Crippen molar-refractivity contribution in [3.8, 4) is 0 Å². The van der Waals surface area contributed by atoms with E-state index in [0.29, 0.717) is 0 Å². The summed E-state index contributed by atoms with van der Waals surface area (Å²) in [7, 11) is -3.50. The fourth-order valence-corrected chi connectivity index (χ4v) is 2.10. The van der Waals surface area contributed by atoms with Crippen LogP contribution in [-0.4, -0.2) is 30.9 Å². The summed E-state index contributed by atoms with van der Waals surface area (Å²) >= 11 is 5.64. The molecule has 0 fully saturated rings. The summed E-state index contributed by atoms with van der Waals surface area (Å²) in [5, 5.41) is 17.9. The number of aliphatic hydroxyl groups is 1. The standard InChI is InChI=1S/C9H9ClO5S/c1-16(14,15)7-3-5(2-6(10)4-7)8(11)9(12)13/h2-4,8,11H,1H3,(H,12,13). The molecule has 7 heteroatoms. The lowest BCUT2D eigenvalue weighted by atomic mass is 10.1. The second-order valence-corrected chi connectivity index (χ2v) is 5.69. The minimum atomic E-state index is -3.50. The topological polar surface area (TPSA) is 91.7 Å². The highest BCUT2D eigenvalue weighted by molar-refractivity contribution is 7.90. The monoisotopic (exact) mass is 264 g/mol. The Hall–Kier alpha value is -1.11. The SMILES string of the molecule is CS(=O)(=O)c1cc(Cl)cc(C(O)C(=O)O)c1. The van der Waals surface area contributed by atoms with Crippen LogP contribution in [0.25, 0.3) is 0 Å². The molecule has 0 radical (unpaired) electrons. The van der Waals surface area contributed by atoms with Crippen LogP contribution < -0.4 is 0 Å². The molecule has 0 bridgehead atoms. The van der Waals surface area contributed by atoms with E-state index in [1.54, 1.807) is 0 Å². The van der Waals surface area contributed by atoms with Crippen molar-refractivity contribution in [2.45, 2.75) is 11.0 Å². The number of benzene rings is 1. The minimum Gasteiger partial charge on any atom is -0.479 e. The van der Waals surface area contributed by atoms with Crippen molar-refractivity contribution < 1.29 is 23.4 Å². The molecule has 0 heterocycles. The number of carboxylic acids is 1. The molecular formula is C9H9ClO5S. The van der Waals surface area contributed by atoms with Crippen molar-refractivity contribution in [3.05, 3.63) is 28.8 Å². The van der Waals surface area contributed by atoms with Gasteiger partial charge >= 0.3 is 5.97 Å². The van der Waals surface area contributed by atoms with Gasteiger partial charge in [0.15, 0.2) is 15.9 Å². The molecule has 0 aliphatic rings. The van der Waals surface area contributed by atoms with E-state index in [1.807, 2.05) is 0 Å². The molecule has 0 aliphatic carbocycles. The molecule has 2 N–H and O–H groups in total. The van der Waals surface area contributed by atoms with E-state index in [1.165, 1.54) is 12.1 Å². The average molecular weight is 265 g/mol. The zero-order valence-corrected chi connectivity index (χ0v) is 9.79. The maximum atomic E-state index is 11.2. The minimum absolute atomic E-state index is 0.0539. The van der Waals surface area contributed by atoms with Gasteiger partial charge in [0.05, 0.1) is 4.90 Å². The molecule has 1 aromatic rings. The summed E-state index contributed by atoms with van der Waals surface area (Å²) in [4.78, 5) is 10.4. The van der Waals surface area contributed by atoms with Gasteiger partial charge in [-0.25, -0.2) is 13.2 Å². The number of carbonyl (C=O) groups is 1. The number of rotatable bonds is 3. The Morgan fingerprint density at radius 2 is 1.94 bits per heavy atom. The molecule has 0 saturated heterocycles. The van der Waals surface area contributed by atoms with Crippen molar-refractivity contribution >= 4 is 27.4 Å². The summed E-state index contributed by atoms with van der Waals surface area (Å²) in [6.45, 7) is 0. The zero-order valence-electron chi connectivity index (χ0n) is 8.21. The molecule has 1 aromatic carbocycles. The van der Waals surface area contributed by atoms with Crippen LogP contribution in [0.4, 0.5) is 0 Å². The van der Waals surface area contributed by atoms with Gasteiger partial charge in [0.1, 0.15) is 0 Å². The summed E-state index contributed by atoms with van der Waals surface area (Å²) in [5.74, 6) is -1.47. The van der Waals surface area contributed by atoms with Crippen molar-refractivity contribution in [2.24, 2.45) is 0 Å². The highest BCUT2D eigenvalue weighted by Crippen LogP contribution is 2.23. The van der Waals surface area contributed by atoms with Crippen LogP contribution in [0.1, 0.15) is 11.7 Å². The molecule has 5 nitrogen and oxygen atoms in total. The third kappa shape index (κ3) is 2.94. The van der Waals surface area contributed by atoms with Crippen LogP contribution in [0.5, 0.6) is 0 Å². The van der Waals surface area contributed by atoms with Crippen LogP contribution in [0, 0.1) is 0 Å². The molecule has 16 heavy (non-hydrogen) atoms. The van der Waals surface area contributed by atoms with Crippen molar-refractivity contribution in [1.82, 2.24) is 0 Å². The van der Waals surface area contributed by atoms with E-state index >= 15 is 0 Å². The van der Waals surface area contributed by atoms with Gasteiger partial charge < -0.3 is 10.2 Å². The van der Waals surface area contributed by atoms with Crippen LogP contribution in [0.3, 0.4) is 0 Å². The molecular weight excluding hydrogens is 256 g/mol. The molecule has 0 spiro atoms. The van der Waals surface area contributed by atoms with Gasteiger partial charge in [0.25, 0.3) is 0 Å².